The zero-order valence-corrected chi connectivity index (χ0v) is 24.2. The number of rotatable bonds is 10. The minimum atomic E-state index is -0.185. The summed E-state index contributed by atoms with van der Waals surface area (Å²) in [5, 5.41) is 10.5. The number of hydrogen-bond acceptors (Lipinski definition) is 5. The maximum atomic E-state index is 13.1. The Hall–Kier alpha value is -4.63. The number of carbonyl (C=O) groups excluding carboxylic acids is 2. The molecule has 0 radical (unpaired) electrons. The number of nitrogens with zero attached hydrogens (tertiary/aromatic N) is 3. The van der Waals surface area contributed by atoms with Crippen molar-refractivity contribution in [1.82, 2.24) is 25.0 Å². The van der Waals surface area contributed by atoms with Crippen molar-refractivity contribution >= 4 is 29.2 Å². The van der Waals surface area contributed by atoms with Crippen molar-refractivity contribution in [3.63, 3.8) is 0 Å². The molecule has 5 rings (SSSR count). The number of fused-ring (bicyclic) bond motifs is 1. The average molecular weight is 553 g/mol. The molecule has 0 spiro atoms. The summed E-state index contributed by atoms with van der Waals surface area (Å²) in [7, 11) is 1.64. The van der Waals surface area contributed by atoms with E-state index >= 15 is 0 Å². The summed E-state index contributed by atoms with van der Waals surface area (Å²) in [6.45, 7) is 11.3. The van der Waals surface area contributed by atoms with Crippen LogP contribution in [0.25, 0.3) is 28.6 Å². The molecule has 3 N–H and O–H groups in total. The summed E-state index contributed by atoms with van der Waals surface area (Å²) in [5.74, 6) is 0.444. The summed E-state index contributed by atoms with van der Waals surface area (Å²) in [4.78, 5) is 31.7. The fourth-order valence-corrected chi connectivity index (χ4v) is 5.32. The van der Waals surface area contributed by atoms with Gasteiger partial charge in [-0.15, -0.1) is 0 Å². The van der Waals surface area contributed by atoms with Crippen molar-refractivity contribution in [1.29, 1.82) is 0 Å². The lowest BCUT2D eigenvalue weighted by atomic mass is 10.0. The number of ether oxygens (including phenoxy) is 1. The van der Waals surface area contributed by atoms with Crippen LogP contribution in [0.1, 0.15) is 46.7 Å². The number of nitrogens with one attached hydrogen (secondary N) is 3. The molecule has 0 atom stereocenters. The summed E-state index contributed by atoms with van der Waals surface area (Å²) < 4.78 is 7.24. The number of aromatic nitrogens is 3. The lowest BCUT2D eigenvalue weighted by Gasteiger charge is -2.18. The molecule has 1 aliphatic rings. The van der Waals surface area contributed by atoms with Crippen LogP contribution in [0.2, 0.25) is 0 Å². The maximum absolute atomic E-state index is 13.1. The van der Waals surface area contributed by atoms with Gasteiger partial charge in [-0.25, -0.2) is 4.68 Å². The van der Waals surface area contributed by atoms with Gasteiger partial charge < -0.3 is 25.3 Å². The van der Waals surface area contributed by atoms with Crippen LogP contribution >= 0.6 is 0 Å². The van der Waals surface area contributed by atoms with Gasteiger partial charge in [-0.05, 0) is 68.9 Å². The molecular formula is C32H36N6O3. The zero-order valence-electron chi connectivity index (χ0n) is 24.2. The Kier molecular flexibility index (Phi) is 8.07. The summed E-state index contributed by atoms with van der Waals surface area (Å²) in [6.07, 6.45) is 3.58. The maximum Gasteiger partial charge on any atom is 0.256 e. The highest BCUT2D eigenvalue weighted by Crippen LogP contribution is 2.37. The minimum Gasteiger partial charge on any atom is -0.497 e. The highest BCUT2D eigenvalue weighted by molar-refractivity contribution is 6.35. The first kappa shape index (κ1) is 27.9. The second-order valence-electron chi connectivity index (χ2n) is 10.0. The van der Waals surface area contributed by atoms with Gasteiger partial charge in [0.2, 0.25) is 0 Å². The third kappa shape index (κ3) is 5.53. The molecule has 2 amide bonds. The summed E-state index contributed by atoms with van der Waals surface area (Å²) in [6, 6.07) is 15.5. The van der Waals surface area contributed by atoms with E-state index in [0.29, 0.717) is 17.7 Å². The second-order valence-corrected chi connectivity index (χ2v) is 10.0. The number of aryl methyl sites for hydroxylation is 1. The fourth-order valence-electron chi connectivity index (χ4n) is 5.32. The standard InChI is InChI=1S/C32H36N6O3/c1-6-37(7-2)16-15-33-32(40)30-20(3)28(35-21(30)4)19-26-25-17-22(11-12-27(25)36-31(26)39)29-13-14-34-38(29)23-9-8-10-24(18-23)41-5/h8-14,17-19,35H,6-7,15-16H2,1-5H3,(H,33,40)(H,36,39). The molecule has 2 aromatic heterocycles. The van der Waals surface area contributed by atoms with Crippen molar-refractivity contribution in [2.75, 3.05) is 38.6 Å². The Balaban J connectivity index is 1.45. The van der Waals surface area contributed by atoms with E-state index in [2.05, 4.69) is 39.5 Å². The van der Waals surface area contributed by atoms with Gasteiger partial charge in [0, 0.05) is 47.4 Å². The van der Waals surface area contributed by atoms with Gasteiger partial charge in [-0.2, -0.15) is 5.10 Å². The Morgan fingerprint density at radius 3 is 2.68 bits per heavy atom. The number of hydrogen-bond donors (Lipinski definition) is 3. The number of methoxy groups -OCH3 is 1. The largest absolute Gasteiger partial charge is 0.497 e. The summed E-state index contributed by atoms with van der Waals surface area (Å²) in [5.41, 5.74) is 7.67. The number of carbonyl (C=O) groups is 2. The average Bonchev–Trinajstić information content (AvgIpc) is 3.66. The number of H-pyrrole nitrogens is 1. The molecule has 3 heterocycles. The molecule has 2 aromatic carbocycles. The molecule has 4 aromatic rings. The number of likely N-dealkylation sites (N-methyl/N-ethyl adjacent to an activating group) is 1. The first-order valence-corrected chi connectivity index (χ1v) is 13.9. The smallest absolute Gasteiger partial charge is 0.256 e. The number of anilines is 1. The van der Waals surface area contributed by atoms with E-state index in [1.807, 2.05) is 73.1 Å². The lowest BCUT2D eigenvalue weighted by Crippen LogP contribution is -2.35. The monoisotopic (exact) mass is 552 g/mol. The van der Waals surface area contributed by atoms with Crippen molar-refractivity contribution in [2.24, 2.45) is 0 Å². The van der Waals surface area contributed by atoms with Crippen molar-refractivity contribution in [3.05, 3.63) is 82.8 Å². The third-order valence-electron chi connectivity index (χ3n) is 7.64. The van der Waals surface area contributed by atoms with Gasteiger partial charge in [-0.1, -0.05) is 26.0 Å². The van der Waals surface area contributed by atoms with Crippen LogP contribution in [0.4, 0.5) is 5.69 Å². The van der Waals surface area contributed by atoms with Crippen LogP contribution in [-0.2, 0) is 4.79 Å². The predicted octanol–water partition coefficient (Wildman–Crippen LogP) is 5.06. The molecule has 0 unspecified atom stereocenters. The normalized spacial score (nSPS) is 13.5. The Morgan fingerprint density at radius 1 is 1.12 bits per heavy atom. The lowest BCUT2D eigenvalue weighted by molar-refractivity contribution is -0.110. The van der Waals surface area contributed by atoms with Crippen LogP contribution in [0.3, 0.4) is 0 Å². The number of benzene rings is 2. The van der Waals surface area contributed by atoms with Crippen LogP contribution in [0.15, 0.2) is 54.7 Å². The van der Waals surface area contributed by atoms with Crippen LogP contribution in [-0.4, -0.2) is 64.8 Å². The van der Waals surface area contributed by atoms with E-state index in [4.69, 9.17) is 4.74 Å². The Bertz CT molecular complexity index is 1630. The topological polar surface area (TPSA) is 104 Å². The quantitative estimate of drug-likeness (QED) is 0.239. The molecule has 0 saturated carbocycles. The van der Waals surface area contributed by atoms with Crippen molar-refractivity contribution < 1.29 is 14.3 Å². The molecule has 9 nitrogen and oxygen atoms in total. The molecule has 0 saturated heterocycles. The molecule has 212 valence electrons. The predicted molar refractivity (Wildman–Crippen MR) is 162 cm³/mol. The van der Waals surface area contributed by atoms with Gasteiger partial charge in [0.05, 0.1) is 35.8 Å². The van der Waals surface area contributed by atoms with Crippen LogP contribution in [0.5, 0.6) is 5.75 Å². The molecular weight excluding hydrogens is 516 g/mol. The molecule has 0 fully saturated rings. The third-order valence-corrected chi connectivity index (χ3v) is 7.64. The fraction of sp³-hybridized carbons (Fsp3) is 0.281. The minimum absolute atomic E-state index is 0.113. The van der Waals surface area contributed by atoms with Gasteiger partial charge in [0.15, 0.2) is 0 Å². The SMILES string of the molecule is CCN(CC)CCNC(=O)c1c(C)[nH]c(C=C2C(=O)Nc3ccc(-c4ccnn4-c4cccc(OC)c4)cc32)c1C. The van der Waals surface area contributed by atoms with Crippen molar-refractivity contribution in [3.8, 4) is 22.7 Å². The van der Waals surface area contributed by atoms with Crippen molar-refractivity contribution in [2.45, 2.75) is 27.7 Å². The van der Waals surface area contributed by atoms with Gasteiger partial charge >= 0.3 is 0 Å². The van der Waals surface area contributed by atoms with Gasteiger partial charge in [0.25, 0.3) is 11.8 Å². The number of aromatic amines is 1. The highest BCUT2D eigenvalue weighted by atomic mass is 16.5. The number of amides is 2. The van der Waals surface area contributed by atoms with Gasteiger partial charge in [-0.3, -0.25) is 9.59 Å². The highest BCUT2D eigenvalue weighted by Gasteiger charge is 2.26. The first-order valence-electron chi connectivity index (χ1n) is 13.9. The van der Waals surface area contributed by atoms with E-state index in [9.17, 15) is 9.59 Å². The zero-order chi connectivity index (χ0) is 29.1. The summed E-state index contributed by atoms with van der Waals surface area (Å²) >= 11 is 0. The van der Waals surface area contributed by atoms with E-state index in [0.717, 1.165) is 70.5 Å². The molecule has 0 aliphatic carbocycles. The second kappa shape index (κ2) is 11.9. The van der Waals surface area contributed by atoms with Crippen LogP contribution < -0.4 is 15.4 Å². The molecule has 1 aliphatic heterocycles. The Morgan fingerprint density at radius 2 is 1.93 bits per heavy atom. The van der Waals surface area contributed by atoms with E-state index in [1.54, 1.807) is 13.3 Å². The molecule has 0 bridgehead atoms. The van der Waals surface area contributed by atoms with Crippen LogP contribution in [0, 0.1) is 13.8 Å². The van der Waals surface area contributed by atoms with Gasteiger partial charge in [0.1, 0.15) is 5.75 Å². The molecule has 9 heteroatoms. The van der Waals surface area contributed by atoms with E-state index in [1.165, 1.54) is 0 Å². The van der Waals surface area contributed by atoms with E-state index < -0.39 is 0 Å². The van der Waals surface area contributed by atoms with E-state index in [-0.39, 0.29) is 11.8 Å². The molecule has 41 heavy (non-hydrogen) atoms. The Labute approximate surface area is 240 Å². The first-order chi connectivity index (χ1) is 19.8.